The van der Waals surface area contributed by atoms with Crippen LogP contribution >= 0.6 is 0 Å². The van der Waals surface area contributed by atoms with Gasteiger partial charge in [0.25, 0.3) is 5.91 Å². The summed E-state index contributed by atoms with van der Waals surface area (Å²) in [6.07, 6.45) is 1.58. The van der Waals surface area contributed by atoms with Crippen molar-refractivity contribution >= 4 is 5.91 Å². The predicted octanol–water partition coefficient (Wildman–Crippen LogP) is 1.62. The summed E-state index contributed by atoms with van der Waals surface area (Å²) in [7, 11) is 0. The van der Waals surface area contributed by atoms with E-state index >= 15 is 0 Å². The van der Waals surface area contributed by atoms with Crippen LogP contribution in [0.1, 0.15) is 27.8 Å². The fourth-order valence-corrected chi connectivity index (χ4v) is 3.71. The number of rotatable bonds is 2. The zero-order chi connectivity index (χ0) is 16.5. The summed E-state index contributed by atoms with van der Waals surface area (Å²) in [6, 6.07) is 11.0. The molecule has 2 aliphatic rings. The lowest BCUT2D eigenvalue weighted by Gasteiger charge is -2.48. The summed E-state index contributed by atoms with van der Waals surface area (Å²) in [4.78, 5) is 24.2. The van der Waals surface area contributed by atoms with Crippen LogP contribution in [0.15, 0.2) is 36.7 Å². The highest BCUT2D eigenvalue weighted by molar-refractivity contribution is 5.93. The standard InChI is InChI=1S/C18H22N4O2/c1-13-17(20-12-19-13)18(23)21-7-8-22-15(9-21)10-24-11-16(22)14-5-3-2-4-6-14/h2-6,12,15-16H,7-11H2,1H3,(H,19,20)/t15-,16-/m1/s1. The van der Waals surface area contributed by atoms with Crippen LogP contribution in [0.3, 0.4) is 0 Å². The minimum Gasteiger partial charge on any atom is -0.378 e. The minimum absolute atomic E-state index is 0.00948. The second-order valence-corrected chi connectivity index (χ2v) is 6.48. The number of carbonyl (C=O) groups excluding carboxylic acids is 1. The van der Waals surface area contributed by atoms with Gasteiger partial charge in [0.1, 0.15) is 5.69 Å². The molecule has 0 saturated carbocycles. The van der Waals surface area contributed by atoms with Gasteiger partial charge in [-0.15, -0.1) is 0 Å². The van der Waals surface area contributed by atoms with Gasteiger partial charge >= 0.3 is 0 Å². The molecule has 126 valence electrons. The molecular formula is C18H22N4O2. The molecule has 0 radical (unpaired) electrons. The number of piperazine rings is 1. The zero-order valence-electron chi connectivity index (χ0n) is 13.8. The molecular weight excluding hydrogens is 304 g/mol. The first-order valence-corrected chi connectivity index (χ1v) is 8.41. The molecule has 0 unspecified atom stereocenters. The largest absolute Gasteiger partial charge is 0.378 e. The number of imidazole rings is 1. The molecule has 2 saturated heterocycles. The highest BCUT2D eigenvalue weighted by atomic mass is 16.5. The van der Waals surface area contributed by atoms with E-state index in [1.54, 1.807) is 6.33 Å². The van der Waals surface area contributed by atoms with Crippen molar-refractivity contribution in [1.29, 1.82) is 0 Å². The lowest BCUT2D eigenvalue weighted by molar-refractivity contribution is -0.0770. The van der Waals surface area contributed by atoms with E-state index in [0.717, 1.165) is 18.8 Å². The highest BCUT2D eigenvalue weighted by Gasteiger charge is 2.38. The van der Waals surface area contributed by atoms with E-state index in [1.165, 1.54) is 5.56 Å². The number of nitrogens with zero attached hydrogens (tertiary/aromatic N) is 3. The Labute approximate surface area is 141 Å². The first kappa shape index (κ1) is 15.4. The van der Waals surface area contributed by atoms with E-state index in [1.807, 2.05) is 17.9 Å². The topological polar surface area (TPSA) is 61.5 Å². The number of benzene rings is 1. The molecule has 2 atom stereocenters. The van der Waals surface area contributed by atoms with Crippen molar-refractivity contribution in [3.05, 3.63) is 53.6 Å². The first-order valence-electron chi connectivity index (χ1n) is 8.41. The SMILES string of the molecule is Cc1[nH]cnc1C(=O)N1CCN2[C@@H](COC[C@@H]2c2ccccc2)C1. The van der Waals surface area contributed by atoms with E-state index in [0.29, 0.717) is 25.5 Å². The maximum absolute atomic E-state index is 12.7. The van der Waals surface area contributed by atoms with Crippen LogP contribution in [0, 0.1) is 6.92 Å². The zero-order valence-corrected chi connectivity index (χ0v) is 13.8. The van der Waals surface area contributed by atoms with Crippen molar-refractivity contribution in [1.82, 2.24) is 19.8 Å². The summed E-state index contributed by atoms with van der Waals surface area (Å²) in [5.41, 5.74) is 2.63. The van der Waals surface area contributed by atoms with Gasteiger partial charge in [-0.3, -0.25) is 9.69 Å². The third kappa shape index (κ3) is 2.72. The molecule has 1 N–H and O–H groups in total. The highest BCUT2D eigenvalue weighted by Crippen LogP contribution is 2.29. The summed E-state index contributed by atoms with van der Waals surface area (Å²) < 4.78 is 5.85. The monoisotopic (exact) mass is 326 g/mol. The lowest BCUT2D eigenvalue weighted by atomic mass is 10.00. The number of fused-ring (bicyclic) bond motifs is 1. The Kier molecular flexibility index (Phi) is 4.08. The van der Waals surface area contributed by atoms with Gasteiger partial charge in [-0.05, 0) is 12.5 Å². The van der Waals surface area contributed by atoms with Crippen LogP contribution in [0.4, 0.5) is 0 Å². The number of aromatic amines is 1. The van der Waals surface area contributed by atoms with Crippen molar-refractivity contribution < 1.29 is 9.53 Å². The van der Waals surface area contributed by atoms with Crippen LogP contribution in [0.25, 0.3) is 0 Å². The van der Waals surface area contributed by atoms with Crippen LogP contribution in [-0.4, -0.2) is 64.6 Å². The number of ether oxygens (including phenoxy) is 1. The summed E-state index contributed by atoms with van der Waals surface area (Å²) in [5.74, 6) is 0.00948. The number of aromatic nitrogens is 2. The lowest BCUT2D eigenvalue weighted by Crippen LogP contribution is -2.60. The van der Waals surface area contributed by atoms with Crippen molar-refractivity contribution in [2.75, 3.05) is 32.8 Å². The van der Waals surface area contributed by atoms with Gasteiger partial charge in [-0.25, -0.2) is 4.98 Å². The second kappa shape index (κ2) is 6.37. The average Bonchev–Trinajstić information content (AvgIpc) is 3.07. The second-order valence-electron chi connectivity index (χ2n) is 6.48. The average molecular weight is 326 g/mol. The Balaban J connectivity index is 1.50. The molecule has 6 nitrogen and oxygen atoms in total. The Morgan fingerprint density at radius 2 is 2.08 bits per heavy atom. The molecule has 0 spiro atoms. The Hall–Kier alpha value is -2.18. The van der Waals surface area contributed by atoms with Crippen molar-refractivity contribution in [2.24, 2.45) is 0 Å². The molecule has 24 heavy (non-hydrogen) atoms. The van der Waals surface area contributed by atoms with Crippen molar-refractivity contribution in [2.45, 2.75) is 19.0 Å². The maximum Gasteiger partial charge on any atom is 0.274 e. The number of carbonyl (C=O) groups is 1. The Morgan fingerprint density at radius 3 is 2.83 bits per heavy atom. The van der Waals surface area contributed by atoms with Gasteiger partial charge < -0.3 is 14.6 Å². The summed E-state index contributed by atoms with van der Waals surface area (Å²) in [5, 5.41) is 0. The minimum atomic E-state index is 0.00948. The van der Waals surface area contributed by atoms with Crippen molar-refractivity contribution in [3.8, 4) is 0 Å². The van der Waals surface area contributed by atoms with Gasteiger partial charge in [0, 0.05) is 25.3 Å². The molecule has 2 fully saturated rings. The fraction of sp³-hybridized carbons (Fsp3) is 0.444. The van der Waals surface area contributed by atoms with Gasteiger partial charge in [-0.2, -0.15) is 0 Å². The van der Waals surface area contributed by atoms with Crippen LogP contribution < -0.4 is 0 Å². The van der Waals surface area contributed by atoms with Gasteiger partial charge in [0.05, 0.1) is 31.6 Å². The van der Waals surface area contributed by atoms with Gasteiger partial charge in [0.15, 0.2) is 0 Å². The van der Waals surface area contributed by atoms with Crippen LogP contribution in [0.2, 0.25) is 0 Å². The first-order chi connectivity index (χ1) is 11.7. The number of aryl methyl sites for hydroxylation is 1. The summed E-state index contributed by atoms with van der Waals surface area (Å²) in [6.45, 7) is 5.55. The molecule has 3 heterocycles. The molecule has 4 rings (SSSR count). The number of morpholine rings is 1. The Morgan fingerprint density at radius 1 is 1.25 bits per heavy atom. The van der Waals surface area contributed by atoms with Gasteiger partial charge in [0.2, 0.25) is 0 Å². The molecule has 2 aromatic rings. The number of nitrogens with one attached hydrogen (secondary N) is 1. The van der Waals surface area contributed by atoms with E-state index in [4.69, 9.17) is 4.74 Å². The predicted molar refractivity (Wildman–Crippen MR) is 89.7 cm³/mol. The number of hydrogen-bond donors (Lipinski definition) is 1. The normalized spacial score (nSPS) is 24.6. The third-order valence-electron chi connectivity index (χ3n) is 5.02. The van der Waals surface area contributed by atoms with Crippen LogP contribution in [-0.2, 0) is 4.74 Å². The molecule has 1 aromatic heterocycles. The maximum atomic E-state index is 12.7. The van der Waals surface area contributed by atoms with Crippen molar-refractivity contribution in [3.63, 3.8) is 0 Å². The summed E-state index contributed by atoms with van der Waals surface area (Å²) >= 11 is 0. The molecule has 1 aromatic carbocycles. The van der Waals surface area contributed by atoms with E-state index < -0.39 is 0 Å². The molecule has 0 aliphatic carbocycles. The third-order valence-corrected chi connectivity index (χ3v) is 5.02. The quantitative estimate of drug-likeness (QED) is 0.911. The molecule has 6 heteroatoms. The smallest absolute Gasteiger partial charge is 0.274 e. The van der Waals surface area contributed by atoms with E-state index in [-0.39, 0.29) is 18.0 Å². The molecule has 1 amide bonds. The Bertz CT molecular complexity index is 715. The fourth-order valence-electron chi connectivity index (χ4n) is 3.71. The van der Waals surface area contributed by atoms with E-state index in [9.17, 15) is 4.79 Å². The van der Waals surface area contributed by atoms with Crippen LogP contribution in [0.5, 0.6) is 0 Å². The van der Waals surface area contributed by atoms with E-state index in [2.05, 4.69) is 39.1 Å². The number of hydrogen-bond acceptors (Lipinski definition) is 4. The molecule has 2 aliphatic heterocycles. The molecule has 0 bridgehead atoms. The number of amides is 1. The van der Waals surface area contributed by atoms with Gasteiger partial charge in [-0.1, -0.05) is 30.3 Å². The number of H-pyrrole nitrogens is 1.